The maximum absolute atomic E-state index is 11.6. The second-order valence-corrected chi connectivity index (χ2v) is 7.91. The van der Waals surface area contributed by atoms with Gasteiger partial charge in [-0.2, -0.15) is 0 Å². The van der Waals surface area contributed by atoms with Gasteiger partial charge in [0.2, 0.25) is 10.0 Å². The predicted octanol–water partition coefficient (Wildman–Crippen LogP) is 1.67. The molecule has 1 aromatic heterocycles. The van der Waals surface area contributed by atoms with E-state index in [0.717, 1.165) is 30.3 Å². The summed E-state index contributed by atoms with van der Waals surface area (Å²) in [5, 5.41) is 1.03. The van der Waals surface area contributed by atoms with Crippen molar-refractivity contribution in [3.63, 3.8) is 0 Å². The summed E-state index contributed by atoms with van der Waals surface area (Å²) in [5.74, 6) is 1.36. The zero-order chi connectivity index (χ0) is 13.9. The molecule has 0 radical (unpaired) electrons. The third-order valence-electron chi connectivity index (χ3n) is 3.42. The molecule has 1 atom stereocenters. The quantitative estimate of drug-likeness (QED) is 0.776. The fourth-order valence-electron chi connectivity index (χ4n) is 2.33. The lowest BCUT2D eigenvalue weighted by Crippen LogP contribution is -2.39. The highest BCUT2D eigenvalue weighted by Gasteiger charge is 2.26. The average molecular weight is 303 g/mol. The number of aromatic nitrogens is 2. The van der Waals surface area contributed by atoms with Crippen molar-refractivity contribution in [2.24, 2.45) is 5.92 Å². The number of sulfonamides is 1. The van der Waals surface area contributed by atoms with Gasteiger partial charge in [0.25, 0.3) is 0 Å². The molecular weight excluding hydrogens is 282 g/mol. The molecule has 1 saturated heterocycles. The number of thioether (sulfide) groups is 1. The average Bonchev–Trinajstić information content (AvgIpc) is 2.83. The first-order valence-electron chi connectivity index (χ1n) is 6.59. The number of hydrogen-bond donors (Lipinski definition) is 0. The molecule has 1 aromatic rings. The van der Waals surface area contributed by atoms with Crippen molar-refractivity contribution in [1.82, 2.24) is 13.9 Å². The van der Waals surface area contributed by atoms with E-state index < -0.39 is 10.0 Å². The van der Waals surface area contributed by atoms with Gasteiger partial charge in [-0.25, -0.2) is 17.7 Å². The van der Waals surface area contributed by atoms with Gasteiger partial charge in [-0.1, -0.05) is 11.8 Å². The summed E-state index contributed by atoms with van der Waals surface area (Å²) >= 11 is 1.73. The Morgan fingerprint density at radius 3 is 3.00 bits per heavy atom. The molecule has 0 saturated carbocycles. The summed E-state index contributed by atoms with van der Waals surface area (Å²) in [5.41, 5.74) is 0. The van der Waals surface area contributed by atoms with Gasteiger partial charge in [0.1, 0.15) is 0 Å². The zero-order valence-electron chi connectivity index (χ0n) is 11.4. The number of hydrogen-bond acceptors (Lipinski definition) is 4. The second-order valence-electron chi connectivity index (χ2n) is 4.94. The van der Waals surface area contributed by atoms with Gasteiger partial charge in [-0.15, -0.1) is 0 Å². The van der Waals surface area contributed by atoms with E-state index in [0.29, 0.717) is 19.0 Å². The zero-order valence-corrected chi connectivity index (χ0v) is 13.1. The van der Waals surface area contributed by atoms with Crippen LogP contribution in [0, 0.1) is 5.92 Å². The number of rotatable bonds is 5. The van der Waals surface area contributed by atoms with Crippen LogP contribution in [0.25, 0.3) is 0 Å². The van der Waals surface area contributed by atoms with E-state index in [2.05, 4.69) is 16.5 Å². The minimum absolute atomic E-state index is 0.426. The first-order valence-corrected chi connectivity index (χ1v) is 9.43. The fraction of sp³-hybridized carbons (Fsp3) is 0.750. The predicted molar refractivity (Wildman–Crippen MR) is 77.8 cm³/mol. The van der Waals surface area contributed by atoms with E-state index in [-0.39, 0.29) is 0 Å². The lowest BCUT2D eigenvalue weighted by atomic mass is 10.0. The molecule has 1 unspecified atom stereocenters. The smallest absolute Gasteiger partial charge is 0.211 e. The molecule has 1 fully saturated rings. The summed E-state index contributed by atoms with van der Waals surface area (Å²) in [6.45, 7) is 4.34. The Hall–Kier alpha value is -0.530. The molecule has 108 valence electrons. The summed E-state index contributed by atoms with van der Waals surface area (Å²) in [7, 11) is -3.04. The first kappa shape index (κ1) is 14.9. The maximum Gasteiger partial charge on any atom is 0.211 e. The Kier molecular flexibility index (Phi) is 4.92. The number of nitrogens with zero attached hydrogens (tertiary/aromatic N) is 3. The van der Waals surface area contributed by atoms with E-state index in [4.69, 9.17) is 0 Å². The topological polar surface area (TPSA) is 55.2 Å². The van der Waals surface area contributed by atoms with Crippen LogP contribution in [-0.2, 0) is 16.6 Å². The lowest BCUT2D eigenvalue weighted by molar-refractivity contribution is 0.286. The highest BCUT2D eigenvalue weighted by molar-refractivity contribution is 7.99. The van der Waals surface area contributed by atoms with Gasteiger partial charge in [-0.05, 0) is 25.7 Å². The normalized spacial score (nSPS) is 21.7. The van der Waals surface area contributed by atoms with E-state index in [1.165, 1.54) is 6.26 Å². The Balaban J connectivity index is 1.90. The SMILES string of the molecule is CCn1ccnc1SCC1CCCN(S(C)(=O)=O)C1. The van der Waals surface area contributed by atoms with Crippen molar-refractivity contribution in [3.05, 3.63) is 12.4 Å². The molecule has 0 aromatic carbocycles. The molecule has 0 spiro atoms. The Labute approximate surface area is 119 Å². The largest absolute Gasteiger partial charge is 0.326 e. The van der Waals surface area contributed by atoms with Gasteiger partial charge in [0.15, 0.2) is 5.16 Å². The molecule has 5 nitrogen and oxygen atoms in total. The first-order chi connectivity index (χ1) is 9.00. The maximum atomic E-state index is 11.6. The van der Waals surface area contributed by atoms with Crippen LogP contribution in [0.5, 0.6) is 0 Å². The molecule has 1 aliphatic heterocycles. The van der Waals surface area contributed by atoms with E-state index in [9.17, 15) is 8.42 Å². The van der Waals surface area contributed by atoms with Crippen LogP contribution in [0.15, 0.2) is 17.6 Å². The van der Waals surface area contributed by atoms with Crippen molar-refractivity contribution in [2.45, 2.75) is 31.5 Å². The van der Waals surface area contributed by atoms with Gasteiger partial charge in [0.05, 0.1) is 6.26 Å². The van der Waals surface area contributed by atoms with Gasteiger partial charge in [0, 0.05) is 37.8 Å². The third kappa shape index (κ3) is 3.97. The van der Waals surface area contributed by atoms with Gasteiger partial charge in [-0.3, -0.25) is 0 Å². The van der Waals surface area contributed by atoms with E-state index >= 15 is 0 Å². The molecule has 19 heavy (non-hydrogen) atoms. The third-order valence-corrected chi connectivity index (χ3v) is 5.92. The van der Waals surface area contributed by atoms with Crippen LogP contribution in [-0.4, -0.2) is 47.4 Å². The summed E-state index contributed by atoms with van der Waals surface area (Å²) in [6, 6.07) is 0. The van der Waals surface area contributed by atoms with Crippen LogP contribution >= 0.6 is 11.8 Å². The Morgan fingerprint density at radius 2 is 2.32 bits per heavy atom. The monoisotopic (exact) mass is 303 g/mol. The van der Waals surface area contributed by atoms with Crippen molar-refractivity contribution in [2.75, 3.05) is 25.1 Å². The van der Waals surface area contributed by atoms with Crippen LogP contribution in [0.4, 0.5) is 0 Å². The molecule has 0 amide bonds. The molecule has 7 heteroatoms. The Bertz CT molecular complexity index is 513. The molecular formula is C12H21N3O2S2. The minimum Gasteiger partial charge on any atom is -0.326 e. The van der Waals surface area contributed by atoms with Crippen LogP contribution < -0.4 is 0 Å². The second kappa shape index (κ2) is 6.28. The van der Waals surface area contributed by atoms with Crippen molar-refractivity contribution in [1.29, 1.82) is 0 Å². The molecule has 2 heterocycles. The van der Waals surface area contributed by atoms with E-state index in [1.807, 2.05) is 12.4 Å². The minimum atomic E-state index is -3.04. The van der Waals surface area contributed by atoms with Crippen LogP contribution in [0.1, 0.15) is 19.8 Å². The van der Waals surface area contributed by atoms with Gasteiger partial charge < -0.3 is 4.57 Å². The molecule has 0 aliphatic carbocycles. The highest BCUT2D eigenvalue weighted by atomic mass is 32.2. The fourth-order valence-corrected chi connectivity index (χ4v) is 4.42. The van der Waals surface area contributed by atoms with E-state index in [1.54, 1.807) is 16.1 Å². The molecule has 1 aliphatic rings. The van der Waals surface area contributed by atoms with Crippen LogP contribution in [0.3, 0.4) is 0 Å². The summed E-state index contributed by atoms with van der Waals surface area (Å²) in [6.07, 6.45) is 7.15. The van der Waals surface area contributed by atoms with Crippen molar-refractivity contribution in [3.8, 4) is 0 Å². The standard InChI is InChI=1S/C12H21N3O2S2/c1-3-14-8-6-13-12(14)18-10-11-5-4-7-15(9-11)19(2,16)17/h6,8,11H,3-5,7,9-10H2,1-2H3. The number of piperidine rings is 1. The van der Waals surface area contributed by atoms with Crippen molar-refractivity contribution < 1.29 is 8.42 Å². The van der Waals surface area contributed by atoms with Crippen LogP contribution in [0.2, 0.25) is 0 Å². The number of imidazole rings is 1. The highest BCUT2D eigenvalue weighted by Crippen LogP contribution is 2.25. The Morgan fingerprint density at radius 1 is 1.53 bits per heavy atom. The lowest BCUT2D eigenvalue weighted by Gasteiger charge is -2.30. The number of aryl methyl sites for hydroxylation is 1. The summed E-state index contributed by atoms with van der Waals surface area (Å²) < 4.78 is 26.9. The molecule has 2 rings (SSSR count). The molecule has 0 bridgehead atoms. The van der Waals surface area contributed by atoms with Gasteiger partial charge >= 0.3 is 0 Å². The molecule has 0 N–H and O–H groups in total. The summed E-state index contributed by atoms with van der Waals surface area (Å²) in [4.78, 5) is 4.33. The van der Waals surface area contributed by atoms with Crippen molar-refractivity contribution >= 4 is 21.8 Å².